The van der Waals surface area contributed by atoms with Gasteiger partial charge in [-0.1, -0.05) is 54.1 Å². The van der Waals surface area contributed by atoms with Gasteiger partial charge in [0, 0.05) is 22.8 Å². The second-order valence-electron chi connectivity index (χ2n) is 6.76. The van der Waals surface area contributed by atoms with Gasteiger partial charge in [-0.05, 0) is 30.3 Å². The first-order valence-electron chi connectivity index (χ1n) is 9.25. The number of aliphatic hydroxyl groups is 1. The molecule has 4 rings (SSSR count). The summed E-state index contributed by atoms with van der Waals surface area (Å²) in [5, 5.41) is 16.1. The molecule has 6 nitrogen and oxygen atoms in total. The van der Waals surface area contributed by atoms with Crippen molar-refractivity contribution in [2.24, 2.45) is 0 Å². The van der Waals surface area contributed by atoms with E-state index in [1.807, 2.05) is 54.6 Å². The van der Waals surface area contributed by atoms with Crippen LogP contribution in [0.1, 0.15) is 17.4 Å². The minimum Gasteiger partial charge on any atom is -0.467 e. The normalized spacial score (nSPS) is 14.1. The Bertz CT molecular complexity index is 1130. The number of pyridine rings is 1. The fourth-order valence-electron chi connectivity index (χ4n) is 3.39. The van der Waals surface area contributed by atoms with Gasteiger partial charge in [0.25, 0.3) is 0 Å². The van der Waals surface area contributed by atoms with Crippen LogP contribution in [0.15, 0.2) is 83.4 Å². The SMILES string of the molecule is COC(=O)C(O)(c1ccc(Cl)nc1)C(Nc1ccccc1)c1cc2ccccc2o1. The lowest BCUT2D eigenvalue weighted by Gasteiger charge is -2.33. The van der Waals surface area contributed by atoms with Crippen LogP contribution in [-0.4, -0.2) is 23.2 Å². The smallest absolute Gasteiger partial charge is 0.345 e. The maximum absolute atomic E-state index is 12.9. The molecule has 7 heteroatoms. The van der Waals surface area contributed by atoms with Gasteiger partial charge in [-0.3, -0.25) is 0 Å². The van der Waals surface area contributed by atoms with Crippen LogP contribution < -0.4 is 5.32 Å². The van der Waals surface area contributed by atoms with Crippen molar-refractivity contribution in [3.8, 4) is 0 Å². The molecule has 152 valence electrons. The average Bonchev–Trinajstić information content (AvgIpc) is 3.21. The summed E-state index contributed by atoms with van der Waals surface area (Å²) in [5.74, 6) is -0.497. The zero-order chi connectivity index (χ0) is 21.1. The van der Waals surface area contributed by atoms with Crippen molar-refractivity contribution >= 4 is 34.2 Å². The number of esters is 1. The molecule has 2 atom stereocenters. The molecule has 0 amide bonds. The standard InChI is InChI=1S/C23H19ClN2O4/c1-29-22(27)23(28,16-11-12-20(24)25-14-16)21(26-17-8-3-2-4-9-17)19-13-15-7-5-6-10-18(15)30-19/h2-14,21,26,28H,1H3. The molecule has 2 N–H and O–H groups in total. The summed E-state index contributed by atoms with van der Waals surface area (Å²) < 4.78 is 11.0. The molecule has 0 saturated carbocycles. The van der Waals surface area contributed by atoms with E-state index in [0.717, 1.165) is 5.39 Å². The number of rotatable bonds is 6. The van der Waals surface area contributed by atoms with Gasteiger partial charge in [-0.15, -0.1) is 0 Å². The van der Waals surface area contributed by atoms with Crippen molar-refractivity contribution in [2.45, 2.75) is 11.6 Å². The van der Waals surface area contributed by atoms with E-state index < -0.39 is 17.6 Å². The number of anilines is 1. The minimum atomic E-state index is -2.14. The predicted octanol–water partition coefficient (Wildman–Crippen LogP) is 4.70. The minimum absolute atomic E-state index is 0.215. The van der Waals surface area contributed by atoms with Crippen LogP contribution in [0.2, 0.25) is 5.15 Å². The van der Waals surface area contributed by atoms with Crippen molar-refractivity contribution in [3.05, 3.63) is 95.5 Å². The number of benzene rings is 2. The molecule has 0 saturated heterocycles. The van der Waals surface area contributed by atoms with Crippen LogP contribution >= 0.6 is 11.6 Å². The lowest BCUT2D eigenvalue weighted by atomic mass is 9.85. The maximum atomic E-state index is 12.9. The molecule has 0 spiro atoms. The highest BCUT2D eigenvalue weighted by Crippen LogP contribution is 2.40. The van der Waals surface area contributed by atoms with Gasteiger partial charge in [0.05, 0.1) is 7.11 Å². The van der Waals surface area contributed by atoms with E-state index in [2.05, 4.69) is 10.3 Å². The van der Waals surface area contributed by atoms with E-state index in [1.54, 1.807) is 6.07 Å². The molecule has 0 aliphatic rings. The number of aromatic nitrogens is 1. The third-order valence-electron chi connectivity index (χ3n) is 4.90. The number of ether oxygens (including phenoxy) is 1. The molecular formula is C23H19ClN2O4. The monoisotopic (exact) mass is 422 g/mol. The molecule has 0 fully saturated rings. The summed E-state index contributed by atoms with van der Waals surface area (Å²) in [6.07, 6.45) is 1.35. The average molecular weight is 423 g/mol. The first-order chi connectivity index (χ1) is 14.5. The molecule has 2 unspecified atom stereocenters. The molecule has 2 aromatic carbocycles. The highest BCUT2D eigenvalue weighted by atomic mass is 35.5. The number of fused-ring (bicyclic) bond motifs is 1. The Hall–Kier alpha value is -3.35. The van der Waals surface area contributed by atoms with Crippen molar-refractivity contribution in [3.63, 3.8) is 0 Å². The maximum Gasteiger partial charge on any atom is 0.345 e. The number of furan rings is 1. The molecule has 0 radical (unpaired) electrons. The highest BCUT2D eigenvalue weighted by molar-refractivity contribution is 6.29. The zero-order valence-electron chi connectivity index (χ0n) is 16.1. The number of para-hydroxylation sites is 2. The Kier molecular flexibility index (Phi) is 5.44. The number of carbonyl (C=O) groups is 1. The number of hydrogen-bond acceptors (Lipinski definition) is 6. The number of nitrogens with zero attached hydrogens (tertiary/aromatic N) is 1. The number of hydrogen-bond donors (Lipinski definition) is 2. The van der Waals surface area contributed by atoms with Crippen LogP contribution in [0.4, 0.5) is 5.69 Å². The lowest BCUT2D eigenvalue weighted by molar-refractivity contribution is -0.166. The van der Waals surface area contributed by atoms with Gasteiger partial charge in [-0.25, -0.2) is 9.78 Å². The van der Waals surface area contributed by atoms with Gasteiger partial charge in [0.1, 0.15) is 22.5 Å². The number of nitrogens with one attached hydrogen (secondary N) is 1. The Morgan fingerprint density at radius 1 is 1.13 bits per heavy atom. The van der Waals surface area contributed by atoms with E-state index in [4.69, 9.17) is 20.8 Å². The van der Waals surface area contributed by atoms with Gasteiger partial charge >= 0.3 is 5.97 Å². The van der Waals surface area contributed by atoms with Crippen LogP contribution in [-0.2, 0) is 15.1 Å². The van der Waals surface area contributed by atoms with Crippen LogP contribution in [0, 0.1) is 0 Å². The Morgan fingerprint density at radius 3 is 2.53 bits per heavy atom. The summed E-state index contributed by atoms with van der Waals surface area (Å²) in [5.41, 5.74) is -0.607. The van der Waals surface area contributed by atoms with Gasteiger partial charge in [0.15, 0.2) is 0 Å². The molecule has 0 aliphatic heterocycles. The van der Waals surface area contributed by atoms with E-state index in [1.165, 1.54) is 25.4 Å². The summed E-state index contributed by atoms with van der Waals surface area (Å²) in [6.45, 7) is 0. The number of methoxy groups -OCH3 is 1. The lowest BCUT2D eigenvalue weighted by Crippen LogP contribution is -2.45. The van der Waals surface area contributed by atoms with Crippen LogP contribution in [0.3, 0.4) is 0 Å². The van der Waals surface area contributed by atoms with Crippen LogP contribution in [0.25, 0.3) is 11.0 Å². The fourth-order valence-corrected chi connectivity index (χ4v) is 3.50. The Morgan fingerprint density at radius 2 is 1.87 bits per heavy atom. The van der Waals surface area contributed by atoms with E-state index in [-0.39, 0.29) is 10.7 Å². The molecule has 0 aliphatic carbocycles. The van der Waals surface area contributed by atoms with Gasteiger partial charge in [-0.2, -0.15) is 0 Å². The molecule has 4 aromatic rings. The van der Waals surface area contributed by atoms with E-state index in [9.17, 15) is 9.90 Å². The van der Waals surface area contributed by atoms with Crippen molar-refractivity contribution in [2.75, 3.05) is 12.4 Å². The second-order valence-corrected chi connectivity index (χ2v) is 7.14. The van der Waals surface area contributed by atoms with Crippen molar-refractivity contribution < 1.29 is 19.1 Å². The first kappa shape index (κ1) is 19.9. The topological polar surface area (TPSA) is 84.6 Å². The van der Waals surface area contributed by atoms with Crippen molar-refractivity contribution in [1.82, 2.24) is 4.98 Å². The Labute approximate surface area is 178 Å². The first-order valence-corrected chi connectivity index (χ1v) is 9.63. The van der Waals surface area contributed by atoms with E-state index >= 15 is 0 Å². The Balaban J connectivity index is 1.90. The quantitative estimate of drug-likeness (QED) is 0.346. The highest BCUT2D eigenvalue weighted by Gasteiger charge is 2.50. The zero-order valence-corrected chi connectivity index (χ0v) is 16.8. The van der Waals surface area contributed by atoms with Gasteiger partial charge in [0.2, 0.25) is 5.60 Å². The molecule has 2 aromatic heterocycles. The summed E-state index contributed by atoms with van der Waals surface area (Å²) in [4.78, 5) is 17.0. The fraction of sp³-hybridized carbons (Fsp3) is 0.130. The van der Waals surface area contributed by atoms with Gasteiger partial charge < -0.3 is 19.6 Å². The molecule has 30 heavy (non-hydrogen) atoms. The van der Waals surface area contributed by atoms with Crippen LogP contribution in [0.5, 0.6) is 0 Å². The third kappa shape index (κ3) is 3.63. The van der Waals surface area contributed by atoms with E-state index in [0.29, 0.717) is 17.0 Å². The molecular weight excluding hydrogens is 404 g/mol. The summed E-state index contributed by atoms with van der Waals surface area (Å²) in [6, 6.07) is 20.5. The summed E-state index contributed by atoms with van der Waals surface area (Å²) in [7, 11) is 1.22. The second kappa shape index (κ2) is 8.18. The third-order valence-corrected chi connectivity index (χ3v) is 5.12. The predicted molar refractivity (Wildman–Crippen MR) is 114 cm³/mol. The molecule has 0 bridgehead atoms. The number of halogens is 1. The number of carbonyl (C=O) groups excluding carboxylic acids is 1. The molecule has 2 heterocycles. The van der Waals surface area contributed by atoms with Crippen molar-refractivity contribution in [1.29, 1.82) is 0 Å². The summed E-state index contributed by atoms with van der Waals surface area (Å²) >= 11 is 5.91. The largest absolute Gasteiger partial charge is 0.467 e.